The molecule has 0 aromatic carbocycles. The number of nitrogens with one attached hydrogen (secondary N) is 1. The van der Waals surface area contributed by atoms with E-state index >= 15 is 0 Å². The SMILES string of the molecule is CCCCN(C)C(=NCC(=O)N(C)C)NCC. The number of rotatable bonds is 6. The Kier molecular flexibility index (Phi) is 8.19. The molecule has 0 aliphatic rings. The van der Waals surface area contributed by atoms with Gasteiger partial charge in [-0.1, -0.05) is 13.3 Å². The number of unbranched alkanes of at least 4 members (excludes halogenated alkanes) is 1. The molecule has 1 amide bonds. The average molecular weight is 242 g/mol. The summed E-state index contributed by atoms with van der Waals surface area (Å²) >= 11 is 0. The minimum absolute atomic E-state index is 0.0179. The lowest BCUT2D eigenvalue weighted by molar-refractivity contribution is -0.127. The Morgan fingerprint density at radius 2 is 1.88 bits per heavy atom. The molecule has 0 radical (unpaired) electrons. The zero-order valence-electron chi connectivity index (χ0n) is 11.8. The Balaban J connectivity index is 4.38. The summed E-state index contributed by atoms with van der Waals surface area (Å²) in [5.41, 5.74) is 0. The first-order valence-corrected chi connectivity index (χ1v) is 6.22. The molecule has 0 unspecified atom stereocenters. The fourth-order valence-electron chi connectivity index (χ4n) is 1.25. The van der Waals surface area contributed by atoms with Crippen molar-refractivity contribution in [3.63, 3.8) is 0 Å². The molecule has 0 rings (SSSR count). The quantitative estimate of drug-likeness (QED) is 0.553. The molecule has 0 spiro atoms. The Labute approximate surface area is 105 Å². The van der Waals surface area contributed by atoms with Crippen LogP contribution in [-0.4, -0.2) is 62.4 Å². The van der Waals surface area contributed by atoms with Crippen molar-refractivity contribution >= 4 is 11.9 Å². The van der Waals surface area contributed by atoms with E-state index in [1.165, 1.54) is 0 Å². The van der Waals surface area contributed by atoms with Gasteiger partial charge in [-0.15, -0.1) is 0 Å². The van der Waals surface area contributed by atoms with Crippen molar-refractivity contribution in [2.24, 2.45) is 4.99 Å². The predicted molar refractivity (Wildman–Crippen MR) is 72.2 cm³/mol. The van der Waals surface area contributed by atoms with Gasteiger partial charge in [0, 0.05) is 34.2 Å². The molecular formula is C12H26N4O. The van der Waals surface area contributed by atoms with Crippen LogP contribution in [0.3, 0.4) is 0 Å². The molecule has 1 N–H and O–H groups in total. The molecule has 100 valence electrons. The summed E-state index contributed by atoms with van der Waals surface area (Å²) in [5.74, 6) is 0.820. The molecule has 0 bridgehead atoms. The van der Waals surface area contributed by atoms with Gasteiger partial charge in [-0.3, -0.25) is 4.79 Å². The predicted octanol–water partition coefficient (Wildman–Crippen LogP) is 0.772. The number of amides is 1. The third kappa shape index (κ3) is 6.81. The Morgan fingerprint density at radius 1 is 1.24 bits per heavy atom. The van der Waals surface area contributed by atoms with Crippen molar-refractivity contribution in [2.75, 3.05) is 40.8 Å². The van der Waals surface area contributed by atoms with Gasteiger partial charge in [-0.25, -0.2) is 4.99 Å². The second kappa shape index (κ2) is 8.84. The number of nitrogens with zero attached hydrogens (tertiary/aromatic N) is 3. The van der Waals surface area contributed by atoms with Gasteiger partial charge >= 0.3 is 0 Å². The first-order valence-electron chi connectivity index (χ1n) is 6.22. The largest absolute Gasteiger partial charge is 0.357 e. The van der Waals surface area contributed by atoms with Crippen LogP contribution in [0.5, 0.6) is 0 Å². The Hall–Kier alpha value is -1.26. The van der Waals surface area contributed by atoms with E-state index in [9.17, 15) is 4.79 Å². The summed E-state index contributed by atoms with van der Waals surface area (Å²) in [6.07, 6.45) is 2.28. The van der Waals surface area contributed by atoms with Gasteiger partial charge in [0.1, 0.15) is 6.54 Å². The topological polar surface area (TPSA) is 47.9 Å². The summed E-state index contributed by atoms with van der Waals surface area (Å²) in [4.78, 5) is 19.4. The molecule has 0 atom stereocenters. The van der Waals surface area contributed by atoms with Crippen molar-refractivity contribution in [1.29, 1.82) is 0 Å². The second-order valence-electron chi connectivity index (χ2n) is 4.23. The van der Waals surface area contributed by atoms with Crippen LogP contribution in [0, 0.1) is 0 Å². The summed E-state index contributed by atoms with van der Waals surface area (Å²) in [6.45, 7) is 6.15. The zero-order chi connectivity index (χ0) is 13.3. The van der Waals surface area contributed by atoms with Gasteiger partial charge < -0.3 is 15.1 Å². The van der Waals surface area contributed by atoms with Crippen LogP contribution in [0.15, 0.2) is 4.99 Å². The Morgan fingerprint density at radius 3 is 2.35 bits per heavy atom. The van der Waals surface area contributed by atoms with Gasteiger partial charge in [-0.2, -0.15) is 0 Å². The summed E-state index contributed by atoms with van der Waals surface area (Å²) in [6, 6.07) is 0. The van der Waals surface area contributed by atoms with Gasteiger partial charge in [0.2, 0.25) is 5.91 Å². The fraction of sp³-hybridized carbons (Fsp3) is 0.833. The van der Waals surface area contributed by atoms with Gasteiger partial charge in [-0.05, 0) is 13.3 Å². The maximum Gasteiger partial charge on any atom is 0.243 e. The number of guanidine groups is 1. The standard InChI is InChI=1S/C12H26N4O/c1-6-8-9-16(5)12(13-7-2)14-10-11(17)15(3)4/h6-10H2,1-5H3,(H,13,14). The lowest BCUT2D eigenvalue weighted by atomic mass is 10.3. The van der Waals surface area contributed by atoms with E-state index in [2.05, 4.69) is 22.1 Å². The molecule has 0 saturated carbocycles. The number of carbonyl (C=O) groups is 1. The van der Waals surface area contributed by atoms with Crippen LogP contribution >= 0.6 is 0 Å². The van der Waals surface area contributed by atoms with E-state index in [1.54, 1.807) is 19.0 Å². The average Bonchev–Trinajstić information content (AvgIpc) is 2.30. The van der Waals surface area contributed by atoms with Crippen LogP contribution in [0.1, 0.15) is 26.7 Å². The maximum absolute atomic E-state index is 11.5. The monoisotopic (exact) mass is 242 g/mol. The highest BCUT2D eigenvalue weighted by molar-refractivity contribution is 5.84. The number of hydrogen-bond donors (Lipinski definition) is 1. The molecule has 0 aromatic rings. The highest BCUT2D eigenvalue weighted by Crippen LogP contribution is 1.93. The first kappa shape index (κ1) is 15.7. The first-order chi connectivity index (χ1) is 8.02. The molecule has 0 saturated heterocycles. The molecule has 0 fully saturated rings. The van der Waals surface area contributed by atoms with Crippen molar-refractivity contribution in [3.05, 3.63) is 0 Å². The van der Waals surface area contributed by atoms with E-state index in [4.69, 9.17) is 0 Å². The fourth-order valence-corrected chi connectivity index (χ4v) is 1.25. The summed E-state index contributed by atoms with van der Waals surface area (Å²) in [5, 5.41) is 3.19. The van der Waals surface area contributed by atoms with Crippen LogP contribution in [0.2, 0.25) is 0 Å². The maximum atomic E-state index is 11.5. The number of likely N-dealkylation sites (N-methyl/N-ethyl adjacent to an activating group) is 1. The lowest BCUT2D eigenvalue weighted by Crippen LogP contribution is -2.40. The third-order valence-electron chi connectivity index (χ3n) is 2.41. The normalized spacial score (nSPS) is 11.2. The van der Waals surface area contributed by atoms with E-state index in [-0.39, 0.29) is 12.5 Å². The van der Waals surface area contributed by atoms with Gasteiger partial charge in [0.25, 0.3) is 0 Å². The van der Waals surface area contributed by atoms with Crippen LogP contribution < -0.4 is 5.32 Å². The van der Waals surface area contributed by atoms with E-state index < -0.39 is 0 Å². The van der Waals surface area contributed by atoms with E-state index in [0.29, 0.717) is 0 Å². The second-order valence-corrected chi connectivity index (χ2v) is 4.23. The van der Waals surface area contributed by atoms with Gasteiger partial charge in [0.05, 0.1) is 0 Å². The molecule has 0 aliphatic heterocycles. The summed E-state index contributed by atoms with van der Waals surface area (Å²) < 4.78 is 0. The van der Waals surface area contributed by atoms with E-state index in [0.717, 1.165) is 31.9 Å². The number of hydrogen-bond acceptors (Lipinski definition) is 2. The van der Waals surface area contributed by atoms with Crippen LogP contribution in [-0.2, 0) is 4.79 Å². The van der Waals surface area contributed by atoms with Crippen molar-refractivity contribution < 1.29 is 4.79 Å². The van der Waals surface area contributed by atoms with Gasteiger partial charge in [0.15, 0.2) is 5.96 Å². The van der Waals surface area contributed by atoms with E-state index in [1.807, 2.05) is 14.0 Å². The minimum Gasteiger partial charge on any atom is -0.357 e. The third-order valence-corrected chi connectivity index (χ3v) is 2.41. The van der Waals surface area contributed by atoms with Crippen LogP contribution in [0.4, 0.5) is 0 Å². The molecule has 0 aliphatic carbocycles. The lowest BCUT2D eigenvalue weighted by Gasteiger charge is -2.21. The minimum atomic E-state index is 0.0179. The summed E-state index contributed by atoms with van der Waals surface area (Å²) in [7, 11) is 5.48. The van der Waals surface area contributed by atoms with Crippen molar-refractivity contribution in [3.8, 4) is 0 Å². The highest BCUT2D eigenvalue weighted by atomic mass is 16.2. The molecule has 17 heavy (non-hydrogen) atoms. The highest BCUT2D eigenvalue weighted by Gasteiger charge is 2.07. The Bertz CT molecular complexity index is 251. The molecular weight excluding hydrogens is 216 g/mol. The van der Waals surface area contributed by atoms with Crippen LogP contribution in [0.25, 0.3) is 0 Å². The molecule has 5 nitrogen and oxygen atoms in total. The number of aliphatic imine (C=N–C) groups is 1. The molecule has 0 heterocycles. The molecule has 5 heteroatoms. The number of carbonyl (C=O) groups excluding carboxylic acids is 1. The zero-order valence-corrected chi connectivity index (χ0v) is 11.8. The van der Waals surface area contributed by atoms with Crippen molar-refractivity contribution in [1.82, 2.24) is 15.1 Å². The smallest absolute Gasteiger partial charge is 0.243 e. The van der Waals surface area contributed by atoms with Crippen molar-refractivity contribution in [2.45, 2.75) is 26.7 Å². The molecule has 0 aromatic heterocycles.